The molecule has 0 atom stereocenters. The molecular weight excluding hydrogens is 283 g/mol. The molecule has 0 radical (unpaired) electrons. The lowest BCUT2D eigenvalue weighted by molar-refractivity contribution is -0.115. The lowest BCUT2D eigenvalue weighted by Crippen LogP contribution is -2.22. The highest BCUT2D eigenvalue weighted by Gasteiger charge is 2.10. The van der Waals surface area contributed by atoms with Gasteiger partial charge in [0.15, 0.2) is 0 Å². The molecule has 0 aromatic heterocycles. The third kappa shape index (κ3) is 4.15. The van der Waals surface area contributed by atoms with Crippen LogP contribution in [0.25, 0.3) is 0 Å². The average Bonchev–Trinajstić information content (AvgIpc) is 2.46. The molecule has 0 saturated heterocycles. The number of carbonyl (C=O) groups is 2. The second-order valence-corrected chi connectivity index (χ2v) is 5.14. The van der Waals surface area contributed by atoms with E-state index in [1.165, 1.54) is 17.0 Å². The number of halogens is 1. The van der Waals surface area contributed by atoms with Gasteiger partial charge in [-0.15, -0.1) is 0 Å². The summed E-state index contributed by atoms with van der Waals surface area (Å²) in [7, 11) is 3.33. The Morgan fingerprint density at radius 3 is 2.50 bits per heavy atom. The van der Waals surface area contributed by atoms with Gasteiger partial charge in [-0.1, -0.05) is 18.2 Å². The average molecular weight is 300 g/mol. The molecule has 2 aromatic carbocycles. The van der Waals surface area contributed by atoms with Gasteiger partial charge >= 0.3 is 0 Å². The molecule has 2 rings (SSSR count). The number of amides is 2. The summed E-state index contributed by atoms with van der Waals surface area (Å²) in [6, 6.07) is 12.6. The fraction of sp³-hybridized carbons (Fsp3) is 0.176. The first kappa shape index (κ1) is 15.7. The minimum absolute atomic E-state index is 0.0730. The topological polar surface area (TPSA) is 49.4 Å². The summed E-state index contributed by atoms with van der Waals surface area (Å²) in [4.78, 5) is 25.3. The molecule has 0 spiro atoms. The maximum absolute atomic E-state index is 13.1. The van der Waals surface area contributed by atoms with Crippen LogP contribution in [0.2, 0.25) is 0 Å². The highest BCUT2D eigenvalue weighted by Crippen LogP contribution is 2.13. The Balaban J connectivity index is 2.06. The SMILES string of the molecule is CN(C)C(=O)c1cccc(NC(=O)Cc2cccc(F)c2)c1. The van der Waals surface area contributed by atoms with Crippen LogP contribution in [0.4, 0.5) is 10.1 Å². The van der Waals surface area contributed by atoms with Gasteiger partial charge in [-0.05, 0) is 35.9 Å². The predicted octanol–water partition coefficient (Wildman–Crippen LogP) is 2.71. The van der Waals surface area contributed by atoms with Crippen molar-refractivity contribution >= 4 is 17.5 Å². The lowest BCUT2D eigenvalue weighted by atomic mass is 10.1. The van der Waals surface area contributed by atoms with E-state index < -0.39 is 0 Å². The zero-order valence-corrected chi connectivity index (χ0v) is 12.5. The van der Waals surface area contributed by atoms with Gasteiger partial charge in [-0.2, -0.15) is 0 Å². The van der Waals surface area contributed by atoms with Crippen LogP contribution in [0.3, 0.4) is 0 Å². The molecule has 114 valence electrons. The molecule has 0 aliphatic rings. The fourth-order valence-corrected chi connectivity index (χ4v) is 2.03. The van der Waals surface area contributed by atoms with Gasteiger partial charge in [-0.25, -0.2) is 4.39 Å². The van der Waals surface area contributed by atoms with E-state index in [9.17, 15) is 14.0 Å². The quantitative estimate of drug-likeness (QED) is 0.944. The number of anilines is 1. The van der Waals surface area contributed by atoms with E-state index in [-0.39, 0.29) is 24.1 Å². The van der Waals surface area contributed by atoms with Gasteiger partial charge in [0.25, 0.3) is 5.91 Å². The van der Waals surface area contributed by atoms with E-state index >= 15 is 0 Å². The lowest BCUT2D eigenvalue weighted by Gasteiger charge is -2.11. The number of nitrogens with zero attached hydrogens (tertiary/aromatic N) is 1. The molecule has 2 amide bonds. The number of hydrogen-bond donors (Lipinski definition) is 1. The highest BCUT2D eigenvalue weighted by atomic mass is 19.1. The minimum Gasteiger partial charge on any atom is -0.345 e. The van der Waals surface area contributed by atoms with Gasteiger partial charge in [0.2, 0.25) is 5.91 Å². The van der Waals surface area contributed by atoms with E-state index in [2.05, 4.69) is 5.32 Å². The Bertz CT molecular complexity index is 699. The Labute approximate surface area is 128 Å². The number of nitrogens with one attached hydrogen (secondary N) is 1. The van der Waals surface area contributed by atoms with E-state index in [1.54, 1.807) is 50.5 Å². The molecule has 0 aliphatic heterocycles. The Kier molecular flexibility index (Phi) is 4.88. The Morgan fingerprint density at radius 1 is 1.09 bits per heavy atom. The van der Waals surface area contributed by atoms with Crippen LogP contribution in [0.15, 0.2) is 48.5 Å². The molecule has 0 unspecified atom stereocenters. The van der Waals surface area contributed by atoms with Crippen LogP contribution in [0, 0.1) is 5.82 Å². The predicted molar refractivity (Wildman–Crippen MR) is 83.2 cm³/mol. The van der Waals surface area contributed by atoms with Crippen LogP contribution >= 0.6 is 0 Å². The second kappa shape index (κ2) is 6.85. The zero-order valence-electron chi connectivity index (χ0n) is 12.5. The summed E-state index contributed by atoms with van der Waals surface area (Å²) in [5.74, 6) is -0.773. The smallest absolute Gasteiger partial charge is 0.253 e. The minimum atomic E-state index is -0.371. The Hall–Kier alpha value is -2.69. The summed E-state index contributed by atoms with van der Waals surface area (Å²) >= 11 is 0. The highest BCUT2D eigenvalue weighted by molar-refractivity contribution is 5.97. The van der Waals surface area contributed by atoms with Gasteiger partial charge < -0.3 is 10.2 Å². The molecule has 0 saturated carbocycles. The first-order valence-electron chi connectivity index (χ1n) is 6.82. The summed E-state index contributed by atoms with van der Waals surface area (Å²) in [6.45, 7) is 0. The number of hydrogen-bond acceptors (Lipinski definition) is 2. The molecule has 0 heterocycles. The molecule has 5 heteroatoms. The van der Waals surface area contributed by atoms with Crippen molar-refractivity contribution < 1.29 is 14.0 Å². The zero-order chi connectivity index (χ0) is 16.1. The third-order valence-corrected chi connectivity index (χ3v) is 3.05. The van der Waals surface area contributed by atoms with Gasteiger partial charge in [0.05, 0.1) is 6.42 Å². The van der Waals surface area contributed by atoms with E-state index in [1.807, 2.05) is 0 Å². The summed E-state index contributed by atoms with van der Waals surface area (Å²) in [6.07, 6.45) is 0.0730. The number of rotatable bonds is 4. The van der Waals surface area contributed by atoms with Crippen LogP contribution in [0.5, 0.6) is 0 Å². The van der Waals surface area contributed by atoms with Crippen molar-refractivity contribution in [3.63, 3.8) is 0 Å². The van der Waals surface area contributed by atoms with Gasteiger partial charge in [-0.3, -0.25) is 9.59 Å². The first-order valence-corrected chi connectivity index (χ1v) is 6.82. The normalized spacial score (nSPS) is 10.1. The summed E-state index contributed by atoms with van der Waals surface area (Å²) in [5.41, 5.74) is 1.63. The van der Waals surface area contributed by atoms with Crippen LogP contribution < -0.4 is 5.32 Å². The Morgan fingerprint density at radius 2 is 1.82 bits per heavy atom. The van der Waals surface area contributed by atoms with Crippen molar-refractivity contribution in [3.8, 4) is 0 Å². The molecule has 0 aliphatic carbocycles. The largest absolute Gasteiger partial charge is 0.345 e. The maximum atomic E-state index is 13.1. The van der Waals surface area contributed by atoms with Crippen molar-refractivity contribution in [3.05, 3.63) is 65.5 Å². The number of carbonyl (C=O) groups excluding carboxylic acids is 2. The van der Waals surface area contributed by atoms with Crippen molar-refractivity contribution in [1.82, 2.24) is 4.90 Å². The molecule has 0 fully saturated rings. The molecule has 0 bridgehead atoms. The van der Waals surface area contributed by atoms with Crippen molar-refractivity contribution in [2.45, 2.75) is 6.42 Å². The van der Waals surface area contributed by atoms with Gasteiger partial charge in [0, 0.05) is 25.3 Å². The first-order chi connectivity index (χ1) is 10.5. The molecule has 2 aromatic rings. The van der Waals surface area contributed by atoms with Crippen molar-refractivity contribution in [1.29, 1.82) is 0 Å². The van der Waals surface area contributed by atoms with Crippen LogP contribution in [-0.2, 0) is 11.2 Å². The standard InChI is InChI=1S/C17H17FN2O2/c1-20(2)17(22)13-6-4-8-15(11-13)19-16(21)10-12-5-3-7-14(18)9-12/h3-9,11H,10H2,1-2H3,(H,19,21). The molecular formula is C17H17FN2O2. The molecule has 1 N–H and O–H groups in total. The molecule has 4 nitrogen and oxygen atoms in total. The van der Waals surface area contributed by atoms with Crippen LogP contribution in [-0.4, -0.2) is 30.8 Å². The summed E-state index contributed by atoms with van der Waals surface area (Å²) in [5, 5.41) is 2.71. The monoisotopic (exact) mass is 300 g/mol. The van der Waals surface area contributed by atoms with Gasteiger partial charge in [0.1, 0.15) is 5.82 Å². The van der Waals surface area contributed by atoms with E-state index in [0.717, 1.165) is 0 Å². The summed E-state index contributed by atoms with van der Waals surface area (Å²) < 4.78 is 13.1. The molecule has 22 heavy (non-hydrogen) atoms. The number of benzene rings is 2. The van der Waals surface area contributed by atoms with Crippen molar-refractivity contribution in [2.24, 2.45) is 0 Å². The maximum Gasteiger partial charge on any atom is 0.253 e. The van der Waals surface area contributed by atoms with Crippen molar-refractivity contribution in [2.75, 3.05) is 19.4 Å². The van der Waals surface area contributed by atoms with E-state index in [4.69, 9.17) is 0 Å². The van der Waals surface area contributed by atoms with E-state index in [0.29, 0.717) is 16.8 Å². The fourth-order valence-electron chi connectivity index (χ4n) is 2.03. The van der Waals surface area contributed by atoms with Crippen LogP contribution in [0.1, 0.15) is 15.9 Å². The second-order valence-electron chi connectivity index (χ2n) is 5.14. The third-order valence-electron chi connectivity index (χ3n) is 3.05.